The molecular formula is C15H20BrIN2O. The first-order valence-electron chi connectivity index (χ1n) is 7.08. The van der Waals surface area contributed by atoms with Gasteiger partial charge in [0.25, 0.3) is 5.91 Å². The molecule has 0 spiro atoms. The van der Waals surface area contributed by atoms with Crippen molar-refractivity contribution in [3.63, 3.8) is 0 Å². The van der Waals surface area contributed by atoms with E-state index in [2.05, 4.69) is 55.7 Å². The number of piperidine rings is 1. The summed E-state index contributed by atoms with van der Waals surface area (Å²) >= 11 is 5.64. The number of amides is 1. The van der Waals surface area contributed by atoms with Crippen LogP contribution in [-0.4, -0.2) is 36.5 Å². The van der Waals surface area contributed by atoms with Gasteiger partial charge in [0.2, 0.25) is 0 Å². The molecule has 1 aromatic carbocycles. The van der Waals surface area contributed by atoms with Crippen LogP contribution in [0, 0.1) is 3.57 Å². The SMILES string of the molecule is CCCN1CCC(NC(=O)c2cc(Br)ccc2I)CC1. The molecule has 1 aliphatic heterocycles. The molecule has 1 fully saturated rings. The van der Waals surface area contributed by atoms with Crippen molar-refractivity contribution >= 4 is 44.4 Å². The van der Waals surface area contributed by atoms with Crippen molar-refractivity contribution in [1.82, 2.24) is 10.2 Å². The molecule has 1 amide bonds. The fourth-order valence-electron chi connectivity index (χ4n) is 2.55. The molecule has 0 aliphatic carbocycles. The predicted molar refractivity (Wildman–Crippen MR) is 94.1 cm³/mol. The summed E-state index contributed by atoms with van der Waals surface area (Å²) in [4.78, 5) is 14.8. The second kappa shape index (κ2) is 7.75. The largest absolute Gasteiger partial charge is 0.349 e. The first-order chi connectivity index (χ1) is 9.60. The molecule has 1 saturated heterocycles. The second-order valence-corrected chi connectivity index (χ2v) is 7.29. The molecule has 0 bridgehead atoms. The van der Waals surface area contributed by atoms with Crippen LogP contribution in [-0.2, 0) is 0 Å². The first kappa shape index (κ1) is 16.2. The number of hydrogen-bond acceptors (Lipinski definition) is 2. The van der Waals surface area contributed by atoms with Crippen molar-refractivity contribution in [2.75, 3.05) is 19.6 Å². The van der Waals surface area contributed by atoms with Gasteiger partial charge in [-0.1, -0.05) is 22.9 Å². The quantitative estimate of drug-likeness (QED) is 0.710. The maximum atomic E-state index is 12.3. The van der Waals surface area contributed by atoms with Crippen molar-refractivity contribution in [1.29, 1.82) is 0 Å². The summed E-state index contributed by atoms with van der Waals surface area (Å²) in [5.41, 5.74) is 0.760. The minimum atomic E-state index is 0.0460. The standard InChI is InChI=1S/C15H20BrIN2O/c1-2-7-19-8-5-12(6-9-19)18-15(20)13-10-11(16)3-4-14(13)17/h3-4,10,12H,2,5-9H2,1H3,(H,18,20). The van der Waals surface area contributed by atoms with E-state index in [1.165, 1.54) is 13.0 Å². The molecule has 5 heteroatoms. The molecule has 0 aromatic heterocycles. The van der Waals surface area contributed by atoms with Crippen molar-refractivity contribution in [2.24, 2.45) is 0 Å². The molecule has 1 heterocycles. The number of hydrogen-bond donors (Lipinski definition) is 1. The van der Waals surface area contributed by atoms with Crippen LogP contribution in [0.25, 0.3) is 0 Å². The van der Waals surface area contributed by atoms with Gasteiger partial charge < -0.3 is 10.2 Å². The third kappa shape index (κ3) is 4.43. The summed E-state index contributed by atoms with van der Waals surface area (Å²) in [6, 6.07) is 6.12. The van der Waals surface area contributed by atoms with Crippen molar-refractivity contribution < 1.29 is 4.79 Å². The van der Waals surface area contributed by atoms with Crippen molar-refractivity contribution in [3.05, 3.63) is 31.8 Å². The molecular weight excluding hydrogens is 431 g/mol. The van der Waals surface area contributed by atoms with Gasteiger partial charge in [-0.05, 0) is 66.6 Å². The zero-order chi connectivity index (χ0) is 14.5. The zero-order valence-electron chi connectivity index (χ0n) is 11.7. The van der Waals surface area contributed by atoms with Gasteiger partial charge in [0.1, 0.15) is 0 Å². The van der Waals surface area contributed by atoms with Crippen molar-refractivity contribution in [3.8, 4) is 0 Å². The fraction of sp³-hybridized carbons (Fsp3) is 0.533. The number of benzene rings is 1. The van der Waals surface area contributed by atoms with E-state index in [1.54, 1.807) is 0 Å². The Bertz CT molecular complexity index is 473. The molecule has 3 nitrogen and oxygen atoms in total. The molecule has 0 radical (unpaired) electrons. The maximum absolute atomic E-state index is 12.3. The topological polar surface area (TPSA) is 32.3 Å². The number of carbonyl (C=O) groups is 1. The highest BCUT2D eigenvalue weighted by molar-refractivity contribution is 14.1. The lowest BCUT2D eigenvalue weighted by molar-refractivity contribution is 0.0910. The van der Waals surface area contributed by atoms with Crippen LogP contribution >= 0.6 is 38.5 Å². The summed E-state index contributed by atoms with van der Waals surface area (Å²) < 4.78 is 1.94. The molecule has 1 N–H and O–H groups in total. The Morgan fingerprint density at radius 2 is 2.15 bits per heavy atom. The smallest absolute Gasteiger partial charge is 0.252 e. The number of halogens is 2. The fourth-order valence-corrected chi connectivity index (χ4v) is 3.49. The third-order valence-electron chi connectivity index (χ3n) is 3.64. The minimum absolute atomic E-state index is 0.0460. The maximum Gasteiger partial charge on any atom is 0.252 e. The molecule has 110 valence electrons. The average Bonchev–Trinajstić information content (AvgIpc) is 2.44. The van der Waals surface area contributed by atoms with Crippen LogP contribution in [0.4, 0.5) is 0 Å². The number of likely N-dealkylation sites (tertiary alicyclic amines) is 1. The van der Waals surface area contributed by atoms with Gasteiger partial charge in [-0.15, -0.1) is 0 Å². The van der Waals surface area contributed by atoms with Gasteiger partial charge in [-0.2, -0.15) is 0 Å². The molecule has 0 unspecified atom stereocenters. The Morgan fingerprint density at radius 3 is 2.80 bits per heavy atom. The Labute approximate surface area is 142 Å². The van der Waals surface area contributed by atoms with E-state index >= 15 is 0 Å². The van der Waals surface area contributed by atoms with E-state index < -0.39 is 0 Å². The van der Waals surface area contributed by atoms with E-state index in [4.69, 9.17) is 0 Å². The van der Waals surface area contributed by atoms with E-state index in [0.717, 1.165) is 39.5 Å². The van der Waals surface area contributed by atoms with Crippen LogP contribution in [0.5, 0.6) is 0 Å². The molecule has 0 atom stereocenters. The highest BCUT2D eigenvalue weighted by atomic mass is 127. The van der Waals surface area contributed by atoms with Crippen LogP contribution in [0.1, 0.15) is 36.5 Å². The minimum Gasteiger partial charge on any atom is -0.349 e. The van der Waals surface area contributed by atoms with Crippen LogP contribution in [0.3, 0.4) is 0 Å². The Kier molecular flexibility index (Phi) is 6.29. The highest BCUT2D eigenvalue weighted by Gasteiger charge is 2.21. The Hall–Kier alpha value is -0.140. The molecule has 2 rings (SSSR count). The number of nitrogens with zero attached hydrogens (tertiary/aromatic N) is 1. The monoisotopic (exact) mass is 450 g/mol. The summed E-state index contributed by atoms with van der Waals surface area (Å²) in [6.45, 7) is 5.57. The molecule has 1 aromatic rings. The van der Waals surface area contributed by atoms with E-state index in [9.17, 15) is 4.79 Å². The van der Waals surface area contributed by atoms with Gasteiger partial charge in [0.05, 0.1) is 5.56 Å². The summed E-state index contributed by atoms with van der Waals surface area (Å²) in [6.07, 6.45) is 3.31. The molecule has 1 aliphatic rings. The van der Waals surface area contributed by atoms with E-state index in [0.29, 0.717) is 6.04 Å². The third-order valence-corrected chi connectivity index (χ3v) is 5.07. The lowest BCUT2D eigenvalue weighted by Crippen LogP contribution is -2.44. The zero-order valence-corrected chi connectivity index (χ0v) is 15.4. The van der Waals surface area contributed by atoms with Gasteiger partial charge in [0.15, 0.2) is 0 Å². The van der Waals surface area contributed by atoms with E-state index in [1.807, 2.05) is 18.2 Å². The number of rotatable bonds is 4. The molecule has 20 heavy (non-hydrogen) atoms. The van der Waals surface area contributed by atoms with Gasteiger partial charge >= 0.3 is 0 Å². The summed E-state index contributed by atoms with van der Waals surface area (Å²) in [5, 5.41) is 3.17. The van der Waals surface area contributed by atoms with Crippen molar-refractivity contribution in [2.45, 2.75) is 32.2 Å². The van der Waals surface area contributed by atoms with Gasteiger partial charge in [-0.3, -0.25) is 4.79 Å². The number of carbonyl (C=O) groups excluding carboxylic acids is 1. The second-order valence-electron chi connectivity index (χ2n) is 5.21. The van der Waals surface area contributed by atoms with Gasteiger partial charge in [-0.25, -0.2) is 0 Å². The Morgan fingerprint density at radius 1 is 1.45 bits per heavy atom. The summed E-state index contributed by atoms with van der Waals surface area (Å²) in [5.74, 6) is 0.0460. The van der Waals surface area contributed by atoms with Crippen LogP contribution in [0.2, 0.25) is 0 Å². The lowest BCUT2D eigenvalue weighted by Gasteiger charge is -2.32. The van der Waals surface area contributed by atoms with E-state index in [-0.39, 0.29) is 5.91 Å². The van der Waals surface area contributed by atoms with Crippen LogP contribution < -0.4 is 5.32 Å². The Balaban J connectivity index is 1.91. The normalized spacial score (nSPS) is 17.1. The lowest BCUT2D eigenvalue weighted by atomic mass is 10.0. The van der Waals surface area contributed by atoms with Crippen LogP contribution in [0.15, 0.2) is 22.7 Å². The first-order valence-corrected chi connectivity index (χ1v) is 8.95. The molecule has 0 saturated carbocycles. The summed E-state index contributed by atoms with van der Waals surface area (Å²) in [7, 11) is 0. The predicted octanol–water partition coefficient (Wildman–Crippen LogP) is 3.66. The van der Waals surface area contributed by atoms with Gasteiger partial charge in [0, 0.05) is 27.2 Å². The average molecular weight is 451 g/mol. The number of nitrogens with one attached hydrogen (secondary N) is 1. The highest BCUT2D eigenvalue weighted by Crippen LogP contribution is 2.19.